The molecule has 0 radical (unpaired) electrons. The third-order valence-corrected chi connectivity index (χ3v) is 1.74. The third-order valence-electron chi connectivity index (χ3n) is 1.74. The largest absolute Gasteiger partial charge is 0.182 e. The summed E-state index contributed by atoms with van der Waals surface area (Å²) in [5, 5.41) is 8.57. The van der Waals surface area contributed by atoms with Crippen LogP contribution in [0.3, 0.4) is 0 Å². The number of hydrogen-bond donors (Lipinski definition) is 0. The van der Waals surface area contributed by atoms with Crippen LogP contribution in [0.15, 0.2) is 6.20 Å². The molecule has 0 aliphatic rings. The van der Waals surface area contributed by atoms with Crippen molar-refractivity contribution in [3.05, 3.63) is 11.9 Å². The minimum Gasteiger partial charge on any atom is -0.182 e. The first kappa shape index (κ1) is 9.23. The average molecular weight is 167 g/mol. The first-order valence-corrected chi connectivity index (χ1v) is 4.33. The van der Waals surface area contributed by atoms with E-state index >= 15 is 0 Å². The lowest BCUT2D eigenvalue weighted by Gasteiger charge is -2.13. The highest BCUT2D eigenvalue weighted by atomic mass is 15.5. The Morgan fingerprint density at radius 2 is 1.92 bits per heavy atom. The van der Waals surface area contributed by atoms with Gasteiger partial charge in [-0.2, -0.15) is 15.0 Å². The van der Waals surface area contributed by atoms with Gasteiger partial charge in [0.1, 0.15) is 0 Å². The third kappa shape index (κ3) is 1.84. The Hall–Kier alpha value is -0.860. The van der Waals surface area contributed by atoms with Crippen LogP contribution < -0.4 is 0 Å². The van der Waals surface area contributed by atoms with Gasteiger partial charge in [0, 0.05) is 5.41 Å². The van der Waals surface area contributed by atoms with Gasteiger partial charge in [-0.1, -0.05) is 20.8 Å². The highest BCUT2D eigenvalue weighted by Gasteiger charge is 2.17. The Kier molecular flexibility index (Phi) is 2.22. The highest BCUT2D eigenvalue weighted by molar-refractivity contribution is 5.05. The molecular weight excluding hydrogens is 150 g/mol. The zero-order chi connectivity index (χ0) is 9.35. The predicted molar refractivity (Wildman–Crippen MR) is 49.1 cm³/mol. The van der Waals surface area contributed by atoms with Gasteiger partial charge in [0.2, 0.25) is 0 Å². The lowest BCUT2D eigenvalue weighted by Crippen LogP contribution is -2.13. The second kappa shape index (κ2) is 2.88. The summed E-state index contributed by atoms with van der Waals surface area (Å²) in [4.78, 5) is 1.75. The zero-order valence-corrected chi connectivity index (χ0v) is 8.50. The van der Waals surface area contributed by atoms with Crippen molar-refractivity contribution in [1.29, 1.82) is 0 Å². The normalized spacial score (nSPS) is 12.5. The Bertz CT molecular complexity index is 255. The summed E-state index contributed by atoms with van der Waals surface area (Å²) in [5.41, 5.74) is 1.16. The van der Waals surface area contributed by atoms with Crippen LogP contribution in [0.2, 0.25) is 0 Å². The summed E-state index contributed by atoms with van der Waals surface area (Å²) >= 11 is 0. The molecule has 0 unspecified atom stereocenters. The molecule has 0 aliphatic carbocycles. The van der Waals surface area contributed by atoms with Crippen LogP contribution in [0.25, 0.3) is 0 Å². The first-order chi connectivity index (χ1) is 5.41. The lowest BCUT2D eigenvalue weighted by molar-refractivity contribution is 0.450. The van der Waals surface area contributed by atoms with E-state index in [0.717, 1.165) is 5.69 Å². The van der Waals surface area contributed by atoms with Gasteiger partial charge in [-0.3, -0.25) is 0 Å². The fourth-order valence-electron chi connectivity index (χ4n) is 0.868. The maximum atomic E-state index is 4.39. The monoisotopic (exact) mass is 167 g/mol. The van der Waals surface area contributed by atoms with Gasteiger partial charge in [-0.05, 0) is 13.8 Å². The number of hydrogen-bond acceptors (Lipinski definition) is 2. The van der Waals surface area contributed by atoms with E-state index in [1.165, 1.54) is 0 Å². The molecule has 68 valence electrons. The van der Waals surface area contributed by atoms with Crippen LogP contribution in [0.4, 0.5) is 0 Å². The Labute approximate surface area is 73.8 Å². The maximum absolute atomic E-state index is 4.39. The van der Waals surface area contributed by atoms with Gasteiger partial charge >= 0.3 is 0 Å². The molecule has 1 rings (SSSR count). The molecule has 1 aromatic heterocycles. The van der Waals surface area contributed by atoms with Gasteiger partial charge in [0.25, 0.3) is 0 Å². The molecule has 0 spiro atoms. The molecule has 0 aromatic carbocycles. The molecule has 1 heterocycles. The summed E-state index contributed by atoms with van der Waals surface area (Å²) in [6.45, 7) is 10.6. The summed E-state index contributed by atoms with van der Waals surface area (Å²) in [6, 6.07) is 0.348. The predicted octanol–water partition coefficient (Wildman–Crippen LogP) is 2.16. The molecule has 0 saturated carbocycles. The summed E-state index contributed by atoms with van der Waals surface area (Å²) < 4.78 is 0. The Morgan fingerprint density at radius 3 is 2.17 bits per heavy atom. The van der Waals surface area contributed by atoms with Gasteiger partial charge in [0.15, 0.2) is 0 Å². The van der Waals surface area contributed by atoms with Gasteiger partial charge < -0.3 is 0 Å². The van der Waals surface area contributed by atoms with Crippen LogP contribution in [0.5, 0.6) is 0 Å². The highest BCUT2D eigenvalue weighted by Crippen LogP contribution is 2.19. The standard InChI is InChI=1S/C9H17N3/c1-7(2)12-10-6-8(11-12)9(3,4)5/h6-7H,1-5H3. The first-order valence-electron chi connectivity index (χ1n) is 4.33. The molecule has 0 saturated heterocycles. The molecule has 0 aliphatic heterocycles. The smallest absolute Gasteiger partial charge is 0.0880 e. The Morgan fingerprint density at radius 1 is 1.33 bits per heavy atom. The van der Waals surface area contributed by atoms with E-state index in [-0.39, 0.29) is 5.41 Å². The fourth-order valence-corrected chi connectivity index (χ4v) is 0.868. The molecule has 0 amide bonds. The van der Waals surface area contributed by atoms with E-state index < -0.39 is 0 Å². The molecule has 0 bridgehead atoms. The van der Waals surface area contributed by atoms with Crippen molar-refractivity contribution in [2.45, 2.75) is 46.1 Å². The van der Waals surface area contributed by atoms with Crippen molar-refractivity contribution >= 4 is 0 Å². The zero-order valence-electron chi connectivity index (χ0n) is 8.50. The van der Waals surface area contributed by atoms with Gasteiger partial charge in [-0.25, -0.2) is 0 Å². The maximum Gasteiger partial charge on any atom is 0.0880 e. The molecule has 0 N–H and O–H groups in total. The van der Waals surface area contributed by atoms with Crippen LogP contribution >= 0.6 is 0 Å². The van der Waals surface area contributed by atoms with Crippen molar-refractivity contribution in [3.63, 3.8) is 0 Å². The molecule has 3 heteroatoms. The van der Waals surface area contributed by atoms with Crippen molar-refractivity contribution in [2.75, 3.05) is 0 Å². The molecule has 1 aromatic rings. The molecule has 0 atom stereocenters. The molecule has 0 fully saturated rings. The second-order valence-corrected chi connectivity index (χ2v) is 4.39. The van der Waals surface area contributed by atoms with E-state index in [4.69, 9.17) is 0 Å². The van der Waals surface area contributed by atoms with E-state index in [9.17, 15) is 0 Å². The van der Waals surface area contributed by atoms with Crippen LogP contribution in [-0.2, 0) is 5.41 Å². The molecule has 12 heavy (non-hydrogen) atoms. The number of aromatic nitrogens is 3. The average Bonchev–Trinajstić information content (AvgIpc) is 2.30. The van der Waals surface area contributed by atoms with E-state index in [0.29, 0.717) is 6.04 Å². The summed E-state index contributed by atoms with van der Waals surface area (Å²) in [6.07, 6.45) is 1.85. The Balaban J connectivity index is 2.92. The van der Waals surface area contributed by atoms with E-state index in [1.807, 2.05) is 6.20 Å². The van der Waals surface area contributed by atoms with Crippen molar-refractivity contribution in [3.8, 4) is 0 Å². The molecular formula is C9H17N3. The fraction of sp³-hybridized carbons (Fsp3) is 0.778. The van der Waals surface area contributed by atoms with Crippen molar-refractivity contribution in [1.82, 2.24) is 15.0 Å². The quantitative estimate of drug-likeness (QED) is 0.641. The van der Waals surface area contributed by atoms with E-state index in [1.54, 1.807) is 4.80 Å². The van der Waals surface area contributed by atoms with Crippen molar-refractivity contribution < 1.29 is 0 Å². The van der Waals surface area contributed by atoms with Crippen LogP contribution in [-0.4, -0.2) is 15.0 Å². The minimum absolute atomic E-state index is 0.104. The van der Waals surface area contributed by atoms with Gasteiger partial charge in [-0.15, -0.1) is 0 Å². The topological polar surface area (TPSA) is 30.7 Å². The van der Waals surface area contributed by atoms with E-state index in [2.05, 4.69) is 44.8 Å². The minimum atomic E-state index is 0.104. The second-order valence-electron chi connectivity index (χ2n) is 4.39. The van der Waals surface area contributed by atoms with Crippen LogP contribution in [0.1, 0.15) is 46.4 Å². The molecule has 3 nitrogen and oxygen atoms in total. The summed E-state index contributed by atoms with van der Waals surface area (Å²) in [5.74, 6) is 0. The van der Waals surface area contributed by atoms with Gasteiger partial charge in [0.05, 0.1) is 17.9 Å². The number of rotatable bonds is 1. The number of nitrogens with zero attached hydrogens (tertiary/aromatic N) is 3. The van der Waals surface area contributed by atoms with Crippen LogP contribution in [0, 0.1) is 0 Å². The lowest BCUT2D eigenvalue weighted by atomic mass is 9.93. The SMILES string of the molecule is CC(C)n1ncc(C(C)(C)C)n1. The van der Waals surface area contributed by atoms with Crippen molar-refractivity contribution in [2.24, 2.45) is 0 Å². The summed E-state index contributed by atoms with van der Waals surface area (Å²) in [7, 11) is 0.